The minimum atomic E-state index is -0.392. The molecule has 1 heterocycles. The van der Waals surface area contributed by atoms with Crippen molar-refractivity contribution in [1.82, 2.24) is 9.78 Å². The lowest BCUT2D eigenvalue weighted by atomic mass is 10.1. The smallest absolute Gasteiger partial charge is 0.271 e. The van der Waals surface area contributed by atoms with Crippen LogP contribution in [0.5, 0.6) is 0 Å². The van der Waals surface area contributed by atoms with E-state index in [1.54, 1.807) is 25.1 Å². The normalized spacial score (nSPS) is 11.9. The molecule has 2 aromatic carbocycles. The number of rotatable bonds is 5. The van der Waals surface area contributed by atoms with Gasteiger partial charge in [-0.15, -0.1) is 0 Å². The molecule has 3 aromatic rings. The quantitative estimate of drug-likeness (QED) is 0.586. The van der Waals surface area contributed by atoms with E-state index in [9.17, 15) is 9.59 Å². The van der Waals surface area contributed by atoms with Gasteiger partial charge in [0.2, 0.25) is 5.91 Å². The molecule has 0 aliphatic heterocycles. The van der Waals surface area contributed by atoms with Gasteiger partial charge >= 0.3 is 0 Å². The maximum absolute atomic E-state index is 12.6. The van der Waals surface area contributed by atoms with Gasteiger partial charge in [-0.1, -0.05) is 35.5 Å². The highest BCUT2D eigenvalue weighted by atomic mass is 35.5. The van der Waals surface area contributed by atoms with Crippen LogP contribution in [-0.4, -0.2) is 20.9 Å². The third kappa shape index (κ3) is 5.08. The summed E-state index contributed by atoms with van der Waals surface area (Å²) in [6, 6.07) is 14.2. The first-order valence-electron chi connectivity index (χ1n) is 9.16. The van der Waals surface area contributed by atoms with Crippen LogP contribution in [0.3, 0.4) is 0 Å². The second-order valence-corrected chi connectivity index (χ2v) is 8.67. The number of halogens is 1. The van der Waals surface area contributed by atoms with Crippen molar-refractivity contribution < 1.29 is 4.79 Å². The molecule has 0 aliphatic rings. The first kappa shape index (κ1) is 21.1. The number of nitrogens with one attached hydrogen (secondary N) is 1. The SMILES string of the molecule is Cc1ccc(NC(=O)[C@H](C)Sc2ccc(=O)n(-c3ccc(C)c(Cl)c3)n2)cc1C. The van der Waals surface area contributed by atoms with Gasteiger partial charge < -0.3 is 5.32 Å². The summed E-state index contributed by atoms with van der Waals surface area (Å²) in [7, 11) is 0. The maximum atomic E-state index is 12.6. The molecule has 29 heavy (non-hydrogen) atoms. The molecular formula is C22H22ClN3O2S. The Kier molecular flexibility index (Phi) is 6.45. The molecule has 0 aliphatic carbocycles. The number of hydrogen-bond acceptors (Lipinski definition) is 4. The predicted molar refractivity (Wildman–Crippen MR) is 119 cm³/mol. The van der Waals surface area contributed by atoms with Crippen molar-refractivity contribution in [3.05, 3.63) is 80.6 Å². The third-order valence-electron chi connectivity index (χ3n) is 4.62. The van der Waals surface area contributed by atoms with E-state index in [4.69, 9.17) is 11.6 Å². The van der Waals surface area contributed by atoms with E-state index >= 15 is 0 Å². The average molecular weight is 428 g/mol. The molecule has 1 aromatic heterocycles. The molecule has 0 saturated heterocycles. The number of hydrogen-bond donors (Lipinski definition) is 1. The average Bonchev–Trinajstić information content (AvgIpc) is 2.68. The fourth-order valence-electron chi connectivity index (χ4n) is 2.65. The van der Waals surface area contributed by atoms with Crippen LogP contribution >= 0.6 is 23.4 Å². The number of anilines is 1. The van der Waals surface area contributed by atoms with Crippen LogP contribution in [0.4, 0.5) is 5.69 Å². The van der Waals surface area contributed by atoms with Crippen molar-refractivity contribution in [3.8, 4) is 5.69 Å². The molecule has 0 saturated carbocycles. The Labute approximate surface area is 179 Å². The first-order chi connectivity index (χ1) is 13.7. The van der Waals surface area contributed by atoms with Gasteiger partial charge in [0.1, 0.15) is 5.03 Å². The standard InChI is InChI=1S/C22H22ClN3O2S/c1-13-5-7-17(11-15(13)3)24-22(28)16(4)29-20-9-10-21(27)26(25-20)18-8-6-14(2)19(23)12-18/h5-12,16H,1-4H3,(H,24,28)/t16-/m0/s1. The summed E-state index contributed by atoms with van der Waals surface area (Å²) in [5.74, 6) is -0.129. The van der Waals surface area contributed by atoms with Gasteiger partial charge in [0.25, 0.3) is 5.56 Å². The Morgan fingerprint density at radius 1 is 1.03 bits per heavy atom. The molecule has 0 spiro atoms. The van der Waals surface area contributed by atoms with Crippen LogP contribution in [0.15, 0.2) is 58.4 Å². The van der Waals surface area contributed by atoms with Crippen molar-refractivity contribution in [2.45, 2.75) is 38.0 Å². The van der Waals surface area contributed by atoms with Crippen molar-refractivity contribution in [2.24, 2.45) is 0 Å². The molecule has 0 radical (unpaired) electrons. The van der Waals surface area contributed by atoms with Crippen LogP contribution in [-0.2, 0) is 4.79 Å². The molecule has 5 nitrogen and oxygen atoms in total. The minimum absolute atomic E-state index is 0.129. The molecule has 3 rings (SSSR count). The van der Waals surface area contributed by atoms with Gasteiger partial charge in [0.05, 0.1) is 10.9 Å². The number of amides is 1. The highest BCUT2D eigenvalue weighted by Crippen LogP contribution is 2.23. The fourth-order valence-corrected chi connectivity index (χ4v) is 3.63. The summed E-state index contributed by atoms with van der Waals surface area (Å²) in [5.41, 5.74) is 4.30. The van der Waals surface area contributed by atoms with Crippen LogP contribution in [0.25, 0.3) is 5.69 Å². The van der Waals surface area contributed by atoms with Gasteiger partial charge in [-0.05, 0) is 74.7 Å². The monoisotopic (exact) mass is 427 g/mol. The third-order valence-corrected chi connectivity index (χ3v) is 6.05. The van der Waals surface area contributed by atoms with E-state index in [0.29, 0.717) is 15.7 Å². The lowest BCUT2D eigenvalue weighted by Crippen LogP contribution is -2.24. The van der Waals surface area contributed by atoms with Crippen molar-refractivity contribution in [3.63, 3.8) is 0 Å². The zero-order chi connectivity index (χ0) is 21.1. The first-order valence-corrected chi connectivity index (χ1v) is 10.4. The van der Waals surface area contributed by atoms with E-state index in [1.165, 1.54) is 28.1 Å². The number of nitrogens with zero attached hydrogens (tertiary/aromatic N) is 2. The van der Waals surface area contributed by atoms with E-state index in [2.05, 4.69) is 10.4 Å². The second kappa shape index (κ2) is 8.84. The van der Waals surface area contributed by atoms with Crippen molar-refractivity contribution >= 4 is 35.0 Å². The van der Waals surface area contributed by atoms with Gasteiger partial charge in [-0.25, -0.2) is 0 Å². The summed E-state index contributed by atoms with van der Waals surface area (Å²) in [6.07, 6.45) is 0. The molecule has 1 atom stereocenters. The van der Waals surface area contributed by atoms with Crippen molar-refractivity contribution in [2.75, 3.05) is 5.32 Å². The van der Waals surface area contributed by atoms with E-state index in [0.717, 1.165) is 16.8 Å². The molecule has 7 heteroatoms. The number of carbonyl (C=O) groups excluding carboxylic acids is 1. The minimum Gasteiger partial charge on any atom is -0.325 e. The Hall–Kier alpha value is -2.57. The highest BCUT2D eigenvalue weighted by molar-refractivity contribution is 8.00. The Morgan fingerprint density at radius 2 is 1.76 bits per heavy atom. The number of carbonyl (C=O) groups is 1. The largest absolute Gasteiger partial charge is 0.325 e. The lowest BCUT2D eigenvalue weighted by Gasteiger charge is -2.13. The van der Waals surface area contributed by atoms with E-state index < -0.39 is 5.25 Å². The molecule has 0 fully saturated rings. The van der Waals surface area contributed by atoms with Gasteiger partial charge in [-0.2, -0.15) is 9.78 Å². The zero-order valence-electron chi connectivity index (χ0n) is 16.7. The van der Waals surface area contributed by atoms with Crippen LogP contribution in [0, 0.1) is 20.8 Å². The second-order valence-electron chi connectivity index (χ2n) is 6.90. The summed E-state index contributed by atoms with van der Waals surface area (Å²) in [5, 5.41) is 8.07. The maximum Gasteiger partial charge on any atom is 0.271 e. The number of thioether (sulfide) groups is 1. The summed E-state index contributed by atoms with van der Waals surface area (Å²) >= 11 is 7.47. The van der Waals surface area contributed by atoms with Gasteiger partial charge in [-0.3, -0.25) is 9.59 Å². The molecular weight excluding hydrogens is 406 g/mol. The molecule has 150 valence electrons. The predicted octanol–water partition coefficient (Wildman–Crippen LogP) is 4.93. The van der Waals surface area contributed by atoms with E-state index in [1.807, 2.05) is 45.0 Å². The Balaban J connectivity index is 1.77. The fraction of sp³-hybridized carbons (Fsp3) is 0.227. The van der Waals surface area contributed by atoms with Crippen LogP contribution < -0.4 is 10.9 Å². The summed E-state index contributed by atoms with van der Waals surface area (Å²) in [6.45, 7) is 7.74. The topological polar surface area (TPSA) is 64.0 Å². The highest BCUT2D eigenvalue weighted by Gasteiger charge is 2.17. The summed E-state index contributed by atoms with van der Waals surface area (Å²) in [4.78, 5) is 24.8. The number of benzene rings is 2. The molecule has 1 amide bonds. The van der Waals surface area contributed by atoms with Gasteiger partial charge in [0.15, 0.2) is 0 Å². The van der Waals surface area contributed by atoms with Crippen LogP contribution in [0.1, 0.15) is 23.6 Å². The Morgan fingerprint density at radius 3 is 2.45 bits per heavy atom. The lowest BCUT2D eigenvalue weighted by molar-refractivity contribution is -0.115. The van der Waals surface area contributed by atoms with E-state index in [-0.39, 0.29) is 11.5 Å². The molecule has 1 N–H and O–H groups in total. The summed E-state index contributed by atoms with van der Waals surface area (Å²) < 4.78 is 1.29. The molecule has 0 bridgehead atoms. The van der Waals surface area contributed by atoms with Gasteiger partial charge in [0, 0.05) is 16.8 Å². The number of aryl methyl sites for hydroxylation is 3. The van der Waals surface area contributed by atoms with Crippen molar-refractivity contribution in [1.29, 1.82) is 0 Å². The van der Waals surface area contributed by atoms with Crippen LogP contribution in [0.2, 0.25) is 5.02 Å². The number of aromatic nitrogens is 2. The zero-order valence-corrected chi connectivity index (χ0v) is 18.3. The Bertz CT molecular complexity index is 1130. The molecule has 0 unspecified atom stereocenters.